The number of alkyl halides is 2. The zero-order chi connectivity index (χ0) is 33.5. The highest BCUT2D eigenvalue weighted by Crippen LogP contribution is 2.33. The number of β-lactam (4-membered cyclic amide) rings is 1. The quantitative estimate of drug-likeness (QED) is 0.201. The molecule has 0 spiro atoms. The zero-order valence-corrected chi connectivity index (χ0v) is 26.1. The van der Waals surface area contributed by atoms with Crippen LogP contribution in [-0.2, 0) is 32.1 Å². The third-order valence-corrected chi connectivity index (χ3v) is 6.74. The van der Waals surface area contributed by atoms with Gasteiger partial charge in [-0.2, -0.15) is 9.90 Å². The van der Waals surface area contributed by atoms with Crippen LogP contribution in [0.5, 0.6) is 5.75 Å². The molecule has 2 N–H and O–H groups in total. The van der Waals surface area contributed by atoms with Gasteiger partial charge >= 0.3 is 18.4 Å². The number of unbranched alkanes of at least 4 members (excludes halogenated alkanes) is 1. The topological polar surface area (TPSA) is 151 Å². The number of rotatable bonds is 12. The molecular formula is C30H39F2N5O8. The number of aromatic nitrogens is 1. The summed E-state index contributed by atoms with van der Waals surface area (Å²) in [5.74, 6) is -1.72. The highest BCUT2D eigenvalue weighted by atomic mass is 19.3. The van der Waals surface area contributed by atoms with E-state index >= 15 is 0 Å². The SMILES string of the molecule is CCCCN(OC(O)(F)F)C(=O)N1C(=O)[C@H](Cc2ccnc(N(Cc3ccc(OC)cc3)C(=O)OC(C)(C)C)c2)[C@H]1C(=O)NC. The summed E-state index contributed by atoms with van der Waals surface area (Å²) >= 11 is 0. The number of methoxy groups -OCH3 is 1. The predicted molar refractivity (Wildman–Crippen MR) is 157 cm³/mol. The Balaban J connectivity index is 1.89. The van der Waals surface area contributed by atoms with Crippen LogP contribution in [0, 0.1) is 5.92 Å². The molecule has 3 rings (SSSR count). The number of aliphatic hydroxyl groups is 1. The van der Waals surface area contributed by atoms with E-state index < -0.39 is 47.8 Å². The van der Waals surface area contributed by atoms with Crippen molar-refractivity contribution in [2.45, 2.75) is 71.4 Å². The molecule has 45 heavy (non-hydrogen) atoms. The molecule has 1 fully saturated rings. The number of halogens is 2. The number of hydrogen-bond acceptors (Lipinski definition) is 9. The van der Waals surface area contributed by atoms with Crippen molar-refractivity contribution in [3.8, 4) is 5.75 Å². The molecule has 13 nitrogen and oxygen atoms in total. The molecule has 0 bridgehead atoms. The van der Waals surface area contributed by atoms with Crippen LogP contribution in [-0.4, -0.2) is 82.6 Å². The second kappa shape index (κ2) is 14.6. The van der Waals surface area contributed by atoms with Gasteiger partial charge in [-0.05, 0) is 69.0 Å². The second-order valence-electron chi connectivity index (χ2n) is 11.3. The summed E-state index contributed by atoms with van der Waals surface area (Å²) in [6.45, 7) is 6.65. The molecule has 2 aromatic rings. The number of urea groups is 1. The van der Waals surface area contributed by atoms with Crippen LogP contribution in [0.3, 0.4) is 0 Å². The van der Waals surface area contributed by atoms with E-state index in [4.69, 9.17) is 14.6 Å². The molecule has 1 aliphatic rings. The summed E-state index contributed by atoms with van der Waals surface area (Å²) in [6.07, 6.45) is -3.26. The average molecular weight is 636 g/mol. The highest BCUT2D eigenvalue weighted by molar-refractivity contribution is 6.08. The standard InChI is InChI=1S/C30H39F2N5O8/c1-7-8-15-36(45-30(31,32)42)27(40)37-24(25(38)33-5)22(26(37)39)16-20-13-14-34-23(17-20)35(28(41)44-29(2,3)4)18-19-9-11-21(43-6)12-10-19/h9-14,17,22,24,42H,7-8,15-16,18H2,1-6H3,(H,33,38)/t22-,24+/m1/s1. The number of nitrogens with zero attached hydrogens (tertiary/aromatic N) is 4. The molecule has 0 saturated carbocycles. The minimum absolute atomic E-state index is 0.0487. The number of carbonyl (C=O) groups excluding carboxylic acids is 4. The van der Waals surface area contributed by atoms with Gasteiger partial charge in [-0.25, -0.2) is 19.5 Å². The fourth-order valence-corrected chi connectivity index (χ4v) is 4.60. The number of amides is 5. The van der Waals surface area contributed by atoms with Gasteiger partial charge in [-0.1, -0.05) is 25.5 Å². The van der Waals surface area contributed by atoms with Gasteiger partial charge in [0.25, 0.3) is 0 Å². The van der Waals surface area contributed by atoms with E-state index in [0.717, 1.165) is 5.56 Å². The largest absolute Gasteiger partial charge is 0.504 e. The third kappa shape index (κ3) is 9.31. The summed E-state index contributed by atoms with van der Waals surface area (Å²) in [7, 11) is 2.85. The first-order chi connectivity index (χ1) is 21.1. The van der Waals surface area contributed by atoms with Crippen LogP contribution in [0.4, 0.5) is 24.2 Å². The maximum absolute atomic E-state index is 13.3. The zero-order valence-electron chi connectivity index (χ0n) is 26.1. The van der Waals surface area contributed by atoms with Crippen LogP contribution in [0.1, 0.15) is 51.7 Å². The molecule has 0 aliphatic carbocycles. The molecule has 1 saturated heterocycles. The van der Waals surface area contributed by atoms with Crippen molar-refractivity contribution in [2.75, 3.05) is 25.6 Å². The summed E-state index contributed by atoms with van der Waals surface area (Å²) in [5.41, 5.74) is 0.445. The molecule has 15 heteroatoms. The van der Waals surface area contributed by atoms with Crippen LogP contribution >= 0.6 is 0 Å². The molecule has 5 amide bonds. The number of pyridine rings is 1. The van der Waals surface area contributed by atoms with E-state index in [1.54, 1.807) is 64.1 Å². The van der Waals surface area contributed by atoms with Crippen molar-refractivity contribution in [1.82, 2.24) is 20.3 Å². The first-order valence-corrected chi connectivity index (χ1v) is 14.3. The minimum atomic E-state index is -4.68. The van der Waals surface area contributed by atoms with Crippen LogP contribution in [0.25, 0.3) is 0 Å². The summed E-state index contributed by atoms with van der Waals surface area (Å²) in [4.78, 5) is 62.7. The first kappa shape index (κ1) is 35.1. The van der Waals surface area contributed by atoms with E-state index in [1.165, 1.54) is 25.3 Å². The molecule has 0 unspecified atom stereocenters. The van der Waals surface area contributed by atoms with Crippen molar-refractivity contribution >= 4 is 29.8 Å². The lowest BCUT2D eigenvalue weighted by Crippen LogP contribution is -2.70. The monoisotopic (exact) mass is 635 g/mol. The van der Waals surface area contributed by atoms with Crippen LogP contribution < -0.4 is 15.0 Å². The number of carbonyl (C=O) groups is 4. The summed E-state index contributed by atoms with van der Waals surface area (Å²) in [6, 6.07) is 7.56. The number of hydroxylamine groups is 2. The van der Waals surface area contributed by atoms with Crippen LogP contribution in [0.2, 0.25) is 0 Å². The number of benzene rings is 1. The summed E-state index contributed by atoms with van der Waals surface area (Å²) in [5, 5.41) is 11.4. The number of nitrogens with one attached hydrogen (secondary N) is 1. The van der Waals surface area contributed by atoms with Gasteiger partial charge in [0.2, 0.25) is 11.8 Å². The number of anilines is 1. The number of ether oxygens (including phenoxy) is 2. The van der Waals surface area contributed by atoms with Gasteiger partial charge in [0, 0.05) is 13.2 Å². The van der Waals surface area contributed by atoms with Crippen molar-refractivity contribution in [2.24, 2.45) is 5.92 Å². The normalized spacial score (nSPS) is 16.5. The molecule has 2 atom stereocenters. The molecule has 246 valence electrons. The highest BCUT2D eigenvalue weighted by Gasteiger charge is 2.56. The molecule has 1 aromatic heterocycles. The fourth-order valence-electron chi connectivity index (χ4n) is 4.60. The number of imide groups is 1. The van der Waals surface area contributed by atoms with Crippen molar-refractivity contribution in [3.63, 3.8) is 0 Å². The minimum Gasteiger partial charge on any atom is -0.497 e. The van der Waals surface area contributed by atoms with E-state index in [9.17, 15) is 28.0 Å². The van der Waals surface area contributed by atoms with Gasteiger partial charge in [0.15, 0.2) is 0 Å². The number of likely N-dealkylation sites (tertiary alicyclic amines) is 1. The van der Waals surface area contributed by atoms with Gasteiger partial charge in [-0.3, -0.25) is 14.5 Å². The Morgan fingerprint density at radius 2 is 1.78 bits per heavy atom. The van der Waals surface area contributed by atoms with E-state index in [0.29, 0.717) is 22.6 Å². The smallest absolute Gasteiger partial charge is 0.497 e. The Hall–Kier alpha value is -4.37. The maximum atomic E-state index is 13.3. The van der Waals surface area contributed by atoms with Gasteiger partial charge in [0.05, 0.1) is 26.1 Å². The average Bonchev–Trinajstić information content (AvgIpc) is 2.97. The number of likely N-dealkylation sites (N-methyl/N-ethyl adjacent to an activating group) is 1. The molecule has 1 aliphatic heterocycles. The Kier molecular flexibility index (Phi) is 11.4. The number of hydrogen-bond donors (Lipinski definition) is 2. The Bertz CT molecular complexity index is 1360. The molecule has 1 aromatic carbocycles. The predicted octanol–water partition coefficient (Wildman–Crippen LogP) is 3.84. The second-order valence-corrected chi connectivity index (χ2v) is 11.3. The van der Waals surface area contributed by atoms with Gasteiger partial charge < -0.3 is 19.9 Å². The Labute approximate surface area is 260 Å². The fraction of sp³-hybridized carbons (Fsp3) is 0.500. The van der Waals surface area contributed by atoms with Gasteiger partial charge in [0.1, 0.15) is 23.2 Å². The van der Waals surface area contributed by atoms with Crippen molar-refractivity contribution in [3.05, 3.63) is 53.7 Å². The van der Waals surface area contributed by atoms with Crippen molar-refractivity contribution in [1.29, 1.82) is 0 Å². The summed E-state index contributed by atoms with van der Waals surface area (Å²) < 4.78 is 37.3. The van der Waals surface area contributed by atoms with Crippen molar-refractivity contribution < 1.29 is 47.4 Å². The van der Waals surface area contributed by atoms with E-state index in [-0.39, 0.29) is 36.8 Å². The van der Waals surface area contributed by atoms with Gasteiger partial charge in [-0.15, -0.1) is 8.78 Å². The molecular weight excluding hydrogens is 596 g/mol. The molecule has 2 heterocycles. The third-order valence-electron chi connectivity index (χ3n) is 6.74. The maximum Gasteiger partial charge on any atom is 0.504 e. The molecule has 0 radical (unpaired) electrons. The Morgan fingerprint density at radius 1 is 1.11 bits per heavy atom. The Morgan fingerprint density at radius 3 is 2.33 bits per heavy atom. The van der Waals surface area contributed by atoms with E-state index in [2.05, 4.69) is 15.1 Å². The van der Waals surface area contributed by atoms with Crippen LogP contribution in [0.15, 0.2) is 42.6 Å². The lowest BCUT2D eigenvalue weighted by molar-refractivity contribution is -0.435. The van der Waals surface area contributed by atoms with E-state index in [1.807, 2.05) is 0 Å². The lowest BCUT2D eigenvalue weighted by atomic mass is 9.82. The lowest BCUT2D eigenvalue weighted by Gasteiger charge is -2.45. The first-order valence-electron chi connectivity index (χ1n) is 14.3.